The van der Waals surface area contributed by atoms with E-state index in [1.807, 2.05) is 73.7 Å². The standard InChI is InChI=1S/C21H17N3O2S/c1-14-9-11-16(12-10-14)20-23-21(26-24-20)27-13-19(25)22-18-8-4-6-15-5-2-3-7-17(15)18/h2-12H,13H2,1H3,(H,22,25). The lowest BCUT2D eigenvalue weighted by Gasteiger charge is -2.07. The van der Waals surface area contributed by atoms with Crippen LogP contribution in [0.25, 0.3) is 22.2 Å². The minimum absolute atomic E-state index is 0.119. The van der Waals surface area contributed by atoms with E-state index in [0.29, 0.717) is 11.0 Å². The van der Waals surface area contributed by atoms with Crippen LogP contribution >= 0.6 is 11.8 Å². The second-order valence-corrected chi connectivity index (χ2v) is 7.04. The smallest absolute Gasteiger partial charge is 0.286 e. The van der Waals surface area contributed by atoms with Gasteiger partial charge in [0.05, 0.1) is 5.75 Å². The van der Waals surface area contributed by atoms with Crippen molar-refractivity contribution in [2.75, 3.05) is 11.1 Å². The van der Waals surface area contributed by atoms with E-state index >= 15 is 0 Å². The van der Waals surface area contributed by atoms with Crippen LogP contribution in [0.2, 0.25) is 0 Å². The summed E-state index contributed by atoms with van der Waals surface area (Å²) in [4.78, 5) is 16.7. The van der Waals surface area contributed by atoms with Crippen molar-refractivity contribution in [3.63, 3.8) is 0 Å². The van der Waals surface area contributed by atoms with Gasteiger partial charge in [0.25, 0.3) is 5.22 Å². The molecule has 1 aromatic heterocycles. The van der Waals surface area contributed by atoms with Crippen LogP contribution in [-0.2, 0) is 4.79 Å². The summed E-state index contributed by atoms with van der Waals surface area (Å²) in [6, 6.07) is 21.7. The Morgan fingerprint density at radius 2 is 1.81 bits per heavy atom. The highest BCUT2D eigenvalue weighted by Gasteiger charge is 2.12. The number of thioether (sulfide) groups is 1. The van der Waals surface area contributed by atoms with E-state index in [1.165, 1.54) is 17.3 Å². The zero-order valence-electron chi connectivity index (χ0n) is 14.7. The van der Waals surface area contributed by atoms with Gasteiger partial charge in [0, 0.05) is 16.6 Å². The Bertz CT molecular complexity index is 1080. The Morgan fingerprint density at radius 3 is 2.67 bits per heavy atom. The van der Waals surface area contributed by atoms with Crippen LogP contribution in [0.4, 0.5) is 5.69 Å². The first kappa shape index (κ1) is 17.3. The van der Waals surface area contributed by atoms with Gasteiger partial charge in [0.15, 0.2) is 0 Å². The van der Waals surface area contributed by atoms with Crippen molar-refractivity contribution in [2.45, 2.75) is 12.1 Å². The summed E-state index contributed by atoms with van der Waals surface area (Å²) in [6.07, 6.45) is 0. The summed E-state index contributed by atoms with van der Waals surface area (Å²) in [7, 11) is 0. The van der Waals surface area contributed by atoms with E-state index in [1.54, 1.807) is 0 Å². The first-order valence-electron chi connectivity index (χ1n) is 8.50. The largest absolute Gasteiger partial charge is 0.327 e. The van der Waals surface area contributed by atoms with E-state index in [0.717, 1.165) is 22.0 Å². The SMILES string of the molecule is Cc1ccc(-c2noc(SCC(=O)Nc3cccc4ccccc34)n2)cc1. The fourth-order valence-electron chi connectivity index (χ4n) is 2.74. The molecule has 0 atom stereocenters. The summed E-state index contributed by atoms with van der Waals surface area (Å²) in [5.74, 6) is 0.595. The molecule has 0 saturated heterocycles. The van der Waals surface area contributed by atoms with Crippen molar-refractivity contribution < 1.29 is 9.32 Å². The number of hydrogen-bond donors (Lipinski definition) is 1. The molecule has 0 aliphatic heterocycles. The zero-order chi connectivity index (χ0) is 18.6. The molecule has 0 radical (unpaired) electrons. The molecule has 1 heterocycles. The van der Waals surface area contributed by atoms with Crippen LogP contribution < -0.4 is 5.32 Å². The number of aryl methyl sites for hydroxylation is 1. The molecule has 4 rings (SSSR count). The second kappa shape index (κ2) is 7.63. The van der Waals surface area contributed by atoms with Gasteiger partial charge in [-0.05, 0) is 18.4 Å². The fourth-order valence-corrected chi connectivity index (χ4v) is 3.30. The molecule has 0 unspecified atom stereocenters. The first-order chi connectivity index (χ1) is 13.2. The Hall–Kier alpha value is -3.12. The molecule has 0 aliphatic rings. The summed E-state index contributed by atoms with van der Waals surface area (Å²) >= 11 is 1.22. The maximum atomic E-state index is 12.3. The Kier molecular flexibility index (Phi) is 4.89. The number of nitrogens with zero attached hydrogens (tertiary/aromatic N) is 2. The van der Waals surface area contributed by atoms with Crippen LogP contribution in [0.5, 0.6) is 0 Å². The monoisotopic (exact) mass is 375 g/mol. The quantitative estimate of drug-likeness (QED) is 0.501. The molecule has 6 heteroatoms. The molecule has 1 amide bonds. The highest BCUT2D eigenvalue weighted by molar-refractivity contribution is 7.99. The minimum Gasteiger partial charge on any atom is -0.327 e. The number of fused-ring (bicyclic) bond motifs is 1. The number of aromatic nitrogens is 2. The third kappa shape index (κ3) is 4.01. The number of amides is 1. The van der Waals surface area contributed by atoms with E-state index in [2.05, 4.69) is 15.5 Å². The molecule has 0 aliphatic carbocycles. The van der Waals surface area contributed by atoms with Crippen molar-refractivity contribution >= 4 is 34.1 Å². The van der Waals surface area contributed by atoms with Gasteiger partial charge in [-0.1, -0.05) is 83.1 Å². The summed E-state index contributed by atoms with van der Waals surface area (Å²) in [5, 5.41) is 9.40. The molecule has 27 heavy (non-hydrogen) atoms. The minimum atomic E-state index is -0.119. The second-order valence-electron chi connectivity index (χ2n) is 6.11. The van der Waals surface area contributed by atoms with Gasteiger partial charge >= 0.3 is 0 Å². The van der Waals surface area contributed by atoms with Crippen molar-refractivity contribution in [3.8, 4) is 11.4 Å². The summed E-state index contributed by atoms with van der Waals surface area (Å²) < 4.78 is 5.24. The zero-order valence-corrected chi connectivity index (χ0v) is 15.5. The molecular formula is C21H17N3O2S. The van der Waals surface area contributed by atoms with Crippen LogP contribution in [0.3, 0.4) is 0 Å². The van der Waals surface area contributed by atoms with Crippen molar-refractivity contribution in [3.05, 3.63) is 72.3 Å². The van der Waals surface area contributed by atoms with Crippen LogP contribution in [0.1, 0.15) is 5.56 Å². The van der Waals surface area contributed by atoms with Crippen molar-refractivity contribution in [1.29, 1.82) is 0 Å². The normalized spacial score (nSPS) is 10.9. The summed E-state index contributed by atoms with van der Waals surface area (Å²) in [6.45, 7) is 2.02. The van der Waals surface area contributed by atoms with Gasteiger partial charge < -0.3 is 9.84 Å². The lowest BCUT2D eigenvalue weighted by Crippen LogP contribution is -2.14. The number of carbonyl (C=O) groups excluding carboxylic acids is 1. The molecule has 0 spiro atoms. The lowest BCUT2D eigenvalue weighted by molar-refractivity contribution is -0.113. The molecule has 4 aromatic rings. The topological polar surface area (TPSA) is 68.0 Å². The molecule has 0 saturated carbocycles. The first-order valence-corrected chi connectivity index (χ1v) is 9.49. The van der Waals surface area contributed by atoms with Gasteiger partial charge in [-0.15, -0.1) is 0 Å². The average Bonchev–Trinajstić information content (AvgIpc) is 3.16. The molecule has 0 bridgehead atoms. The number of benzene rings is 3. The highest BCUT2D eigenvalue weighted by Crippen LogP contribution is 2.24. The van der Waals surface area contributed by atoms with Crippen molar-refractivity contribution in [2.24, 2.45) is 0 Å². The highest BCUT2D eigenvalue weighted by atomic mass is 32.2. The predicted octanol–water partition coefficient (Wildman–Crippen LogP) is 4.93. The van der Waals surface area contributed by atoms with E-state index in [9.17, 15) is 4.79 Å². The Morgan fingerprint density at radius 1 is 1.04 bits per heavy atom. The van der Waals surface area contributed by atoms with Crippen LogP contribution in [-0.4, -0.2) is 21.8 Å². The molecule has 0 fully saturated rings. The molecular weight excluding hydrogens is 358 g/mol. The van der Waals surface area contributed by atoms with Crippen molar-refractivity contribution in [1.82, 2.24) is 10.1 Å². The van der Waals surface area contributed by atoms with E-state index in [-0.39, 0.29) is 11.7 Å². The molecule has 1 N–H and O–H groups in total. The molecule has 134 valence electrons. The number of rotatable bonds is 5. The summed E-state index contributed by atoms with van der Waals surface area (Å²) in [5.41, 5.74) is 2.85. The Labute approximate surface area is 160 Å². The number of anilines is 1. The number of nitrogens with one attached hydrogen (secondary N) is 1. The Balaban J connectivity index is 1.40. The van der Waals surface area contributed by atoms with Gasteiger partial charge in [-0.3, -0.25) is 4.79 Å². The predicted molar refractivity (Wildman–Crippen MR) is 108 cm³/mol. The third-order valence-electron chi connectivity index (χ3n) is 4.11. The molecule has 3 aromatic carbocycles. The van der Waals surface area contributed by atoms with E-state index in [4.69, 9.17) is 4.52 Å². The van der Waals surface area contributed by atoms with E-state index < -0.39 is 0 Å². The average molecular weight is 375 g/mol. The third-order valence-corrected chi connectivity index (χ3v) is 4.93. The number of hydrogen-bond acceptors (Lipinski definition) is 5. The maximum absolute atomic E-state index is 12.3. The van der Waals surface area contributed by atoms with Crippen LogP contribution in [0.15, 0.2) is 76.5 Å². The number of carbonyl (C=O) groups is 1. The van der Waals surface area contributed by atoms with Crippen LogP contribution in [0, 0.1) is 6.92 Å². The van der Waals surface area contributed by atoms with Gasteiger partial charge in [0.2, 0.25) is 11.7 Å². The van der Waals surface area contributed by atoms with Gasteiger partial charge in [-0.2, -0.15) is 4.98 Å². The van der Waals surface area contributed by atoms with Gasteiger partial charge in [-0.25, -0.2) is 0 Å². The fraction of sp³-hybridized carbons (Fsp3) is 0.0952. The maximum Gasteiger partial charge on any atom is 0.286 e. The lowest BCUT2D eigenvalue weighted by atomic mass is 10.1. The molecule has 5 nitrogen and oxygen atoms in total. The van der Waals surface area contributed by atoms with Gasteiger partial charge in [0.1, 0.15) is 0 Å².